The van der Waals surface area contributed by atoms with E-state index in [0.29, 0.717) is 19.1 Å². The van der Waals surface area contributed by atoms with Crippen molar-refractivity contribution in [3.05, 3.63) is 35.4 Å². The van der Waals surface area contributed by atoms with Crippen LogP contribution in [-0.2, 0) is 4.74 Å². The Morgan fingerprint density at radius 1 is 1.39 bits per heavy atom. The lowest BCUT2D eigenvalue weighted by atomic mass is 10.1. The highest BCUT2D eigenvalue weighted by Gasteiger charge is 2.19. The molecule has 1 fully saturated rings. The fourth-order valence-corrected chi connectivity index (χ4v) is 2.10. The summed E-state index contributed by atoms with van der Waals surface area (Å²) in [6.07, 6.45) is -0.189. The molecule has 1 heterocycles. The van der Waals surface area contributed by atoms with Crippen molar-refractivity contribution in [1.82, 2.24) is 5.32 Å². The van der Waals surface area contributed by atoms with E-state index >= 15 is 0 Å². The van der Waals surface area contributed by atoms with E-state index in [-0.39, 0.29) is 12.1 Å². The third-order valence-electron chi connectivity index (χ3n) is 3.13. The molecule has 0 radical (unpaired) electrons. The van der Waals surface area contributed by atoms with E-state index in [1.165, 1.54) is 6.07 Å². The van der Waals surface area contributed by atoms with Gasteiger partial charge in [0.25, 0.3) is 0 Å². The van der Waals surface area contributed by atoms with Gasteiger partial charge in [-0.3, -0.25) is 0 Å². The maximum atomic E-state index is 13.4. The smallest absolute Gasteiger partial charge is 0.131 e. The summed E-state index contributed by atoms with van der Waals surface area (Å²) in [5.41, 5.74) is -0.271. The quantitative estimate of drug-likeness (QED) is 0.842. The molecule has 18 heavy (non-hydrogen) atoms. The summed E-state index contributed by atoms with van der Waals surface area (Å²) < 4.78 is 32.0. The van der Waals surface area contributed by atoms with Crippen LogP contribution < -0.4 is 5.32 Å². The predicted molar refractivity (Wildman–Crippen MR) is 63.1 cm³/mol. The van der Waals surface area contributed by atoms with Crippen LogP contribution in [0.1, 0.15) is 18.1 Å². The van der Waals surface area contributed by atoms with Gasteiger partial charge in [-0.25, -0.2) is 8.78 Å². The zero-order valence-corrected chi connectivity index (χ0v) is 10.0. The number of aliphatic hydroxyl groups excluding tert-OH is 1. The monoisotopic (exact) mass is 257 g/mol. The number of hydrogen-bond acceptors (Lipinski definition) is 3. The molecule has 0 spiro atoms. The van der Waals surface area contributed by atoms with E-state index in [0.717, 1.165) is 25.2 Å². The number of aliphatic hydroxyl groups is 1. The van der Waals surface area contributed by atoms with Crippen molar-refractivity contribution in [3.63, 3.8) is 0 Å². The Morgan fingerprint density at radius 3 is 2.72 bits per heavy atom. The third-order valence-corrected chi connectivity index (χ3v) is 3.13. The first-order valence-corrected chi connectivity index (χ1v) is 6.09. The van der Waals surface area contributed by atoms with Crippen molar-refractivity contribution < 1.29 is 18.6 Å². The highest BCUT2D eigenvalue weighted by Crippen LogP contribution is 2.20. The molecule has 2 N–H and O–H groups in total. The molecule has 2 rings (SSSR count). The van der Waals surface area contributed by atoms with Gasteiger partial charge in [0.05, 0.1) is 18.3 Å². The molecule has 2 atom stereocenters. The van der Waals surface area contributed by atoms with Gasteiger partial charge < -0.3 is 15.2 Å². The van der Waals surface area contributed by atoms with Crippen molar-refractivity contribution in [2.75, 3.05) is 26.3 Å². The fourth-order valence-electron chi connectivity index (χ4n) is 2.10. The van der Waals surface area contributed by atoms with Gasteiger partial charge in [-0.2, -0.15) is 0 Å². The van der Waals surface area contributed by atoms with E-state index in [1.54, 1.807) is 0 Å². The topological polar surface area (TPSA) is 41.5 Å². The van der Waals surface area contributed by atoms with E-state index in [2.05, 4.69) is 5.32 Å². The van der Waals surface area contributed by atoms with E-state index in [4.69, 9.17) is 4.74 Å². The Hall–Kier alpha value is -1.04. The Balaban J connectivity index is 1.85. The van der Waals surface area contributed by atoms with Crippen molar-refractivity contribution in [3.8, 4) is 0 Å². The minimum absolute atomic E-state index is 0.133. The van der Waals surface area contributed by atoms with Gasteiger partial charge in [-0.1, -0.05) is 6.07 Å². The molecule has 0 bridgehead atoms. The predicted octanol–water partition coefficient (Wildman–Crippen LogP) is 1.62. The summed E-state index contributed by atoms with van der Waals surface area (Å²) in [5.74, 6) is -1.01. The molecule has 0 amide bonds. The van der Waals surface area contributed by atoms with E-state index < -0.39 is 17.7 Å². The van der Waals surface area contributed by atoms with Crippen LogP contribution in [0, 0.1) is 17.6 Å². The minimum Gasteiger partial charge on any atom is -0.387 e. The van der Waals surface area contributed by atoms with Crippen LogP contribution in [-0.4, -0.2) is 31.4 Å². The Labute approximate surface area is 105 Å². The summed E-state index contributed by atoms with van der Waals surface area (Å²) in [6, 6.07) is 3.57. The summed E-state index contributed by atoms with van der Waals surface area (Å²) in [7, 11) is 0. The van der Waals surface area contributed by atoms with Gasteiger partial charge in [0.2, 0.25) is 0 Å². The van der Waals surface area contributed by atoms with Gasteiger partial charge in [-0.05, 0) is 24.5 Å². The molecule has 0 aliphatic carbocycles. The van der Waals surface area contributed by atoms with Crippen LogP contribution in [0.15, 0.2) is 18.2 Å². The highest BCUT2D eigenvalue weighted by atomic mass is 19.1. The molecule has 2 unspecified atom stereocenters. The van der Waals surface area contributed by atoms with Gasteiger partial charge in [-0.15, -0.1) is 0 Å². The largest absolute Gasteiger partial charge is 0.387 e. The zero-order chi connectivity index (χ0) is 13.0. The van der Waals surface area contributed by atoms with Gasteiger partial charge >= 0.3 is 0 Å². The van der Waals surface area contributed by atoms with Crippen molar-refractivity contribution >= 4 is 0 Å². The molecular weight excluding hydrogens is 240 g/mol. The van der Waals surface area contributed by atoms with Crippen LogP contribution in [0.2, 0.25) is 0 Å². The fraction of sp³-hybridized carbons (Fsp3) is 0.538. The number of hydrogen-bond donors (Lipinski definition) is 2. The van der Waals surface area contributed by atoms with Crippen LogP contribution >= 0.6 is 0 Å². The zero-order valence-electron chi connectivity index (χ0n) is 10.0. The number of nitrogens with one attached hydrogen (secondary N) is 1. The first-order chi connectivity index (χ1) is 8.68. The second kappa shape index (κ2) is 6.22. The Morgan fingerprint density at radius 2 is 2.11 bits per heavy atom. The number of halogens is 2. The van der Waals surface area contributed by atoms with Crippen molar-refractivity contribution in [2.45, 2.75) is 12.5 Å². The lowest BCUT2D eigenvalue weighted by molar-refractivity contribution is 0.159. The first kappa shape index (κ1) is 13.4. The molecule has 1 saturated heterocycles. The number of rotatable bonds is 5. The maximum absolute atomic E-state index is 13.4. The van der Waals surface area contributed by atoms with Gasteiger partial charge in [0.15, 0.2) is 0 Å². The molecule has 1 aliphatic rings. The summed E-state index contributed by atoms with van der Waals surface area (Å²) in [6.45, 7) is 2.29. The summed E-state index contributed by atoms with van der Waals surface area (Å²) in [5, 5.41) is 12.8. The van der Waals surface area contributed by atoms with Crippen molar-refractivity contribution in [2.24, 2.45) is 5.92 Å². The average molecular weight is 257 g/mol. The summed E-state index contributed by atoms with van der Waals surface area (Å²) in [4.78, 5) is 0. The van der Waals surface area contributed by atoms with Crippen LogP contribution in [0.4, 0.5) is 8.78 Å². The average Bonchev–Trinajstić information content (AvgIpc) is 2.82. The number of benzene rings is 1. The molecule has 5 heteroatoms. The molecular formula is C13H17F2NO2. The van der Waals surface area contributed by atoms with Gasteiger partial charge in [0.1, 0.15) is 11.6 Å². The Bertz CT molecular complexity index is 374. The molecule has 100 valence electrons. The molecule has 3 nitrogen and oxygen atoms in total. The molecule has 1 aromatic carbocycles. The van der Waals surface area contributed by atoms with Gasteiger partial charge in [0, 0.05) is 19.7 Å². The van der Waals surface area contributed by atoms with Crippen molar-refractivity contribution in [1.29, 1.82) is 0 Å². The lowest BCUT2D eigenvalue weighted by Crippen LogP contribution is -2.28. The van der Waals surface area contributed by atoms with E-state index in [1.807, 2.05) is 0 Å². The van der Waals surface area contributed by atoms with Crippen LogP contribution in [0.3, 0.4) is 0 Å². The second-order valence-corrected chi connectivity index (χ2v) is 4.54. The minimum atomic E-state index is -1.17. The van der Waals surface area contributed by atoms with Crippen LogP contribution in [0.25, 0.3) is 0 Å². The lowest BCUT2D eigenvalue weighted by Gasteiger charge is -2.15. The SMILES string of the molecule is OC(CNCC1CCOC1)c1c(F)cccc1F. The van der Waals surface area contributed by atoms with Crippen LogP contribution in [0.5, 0.6) is 0 Å². The Kier molecular flexibility index (Phi) is 4.63. The molecule has 1 aliphatic heterocycles. The molecule has 1 aromatic rings. The highest BCUT2D eigenvalue weighted by molar-refractivity contribution is 5.22. The molecule has 0 saturated carbocycles. The maximum Gasteiger partial charge on any atom is 0.131 e. The van der Waals surface area contributed by atoms with E-state index in [9.17, 15) is 13.9 Å². The summed E-state index contributed by atoms with van der Waals surface area (Å²) >= 11 is 0. The third kappa shape index (κ3) is 3.25. The first-order valence-electron chi connectivity index (χ1n) is 6.09. The standard InChI is InChI=1S/C13H17F2NO2/c14-10-2-1-3-11(15)13(10)12(17)7-16-6-9-4-5-18-8-9/h1-3,9,12,16-17H,4-8H2. The normalized spacial score (nSPS) is 21.2. The second-order valence-electron chi connectivity index (χ2n) is 4.54. The number of ether oxygens (including phenoxy) is 1. The molecule has 0 aromatic heterocycles.